The first-order valence-corrected chi connectivity index (χ1v) is 11.9. The standard InChI is InChI=1S/C30H23N5O3/c1-38-28(36)12-11-24-15-23(19-32-20-24)10-9-21-5-2-7-25(16-21)35-29-26(8-4-14-33-29)34-27(30(35)37)17-22-6-3-13-31-18-22/h2-16,18-20H,17H2,1H3/b10-9?,12-11+. The van der Waals surface area contributed by atoms with Gasteiger partial charge in [0.15, 0.2) is 5.65 Å². The fourth-order valence-corrected chi connectivity index (χ4v) is 3.97. The molecule has 0 fully saturated rings. The van der Waals surface area contributed by atoms with Gasteiger partial charge in [0.25, 0.3) is 5.56 Å². The lowest BCUT2D eigenvalue weighted by molar-refractivity contribution is -0.134. The van der Waals surface area contributed by atoms with Gasteiger partial charge < -0.3 is 4.74 Å². The highest BCUT2D eigenvalue weighted by Crippen LogP contribution is 2.18. The van der Waals surface area contributed by atoms with E-state index < -0.39 is 5.97 Å². The molecule has 0 saturated heterocycles. The highest BCUT2D eigenvalue weighted by molar-refractivity contribution is 5.87. The SMILES string of the molecule is COC(=O)/C=C/c1cncc(C=Cc2cccc(-n3c(=O)c(Cc4cccnc4)nc4cccnc43)c2)c1. The van der Waals surface area contributed by atoms with E-state index in [2.05, 4.69) is 24.7 Å². The van der Waals surface area contributed by atoms with Crippen LogP contribution in [-0.2, 0) is 16.0 Å². The number of nitrogens with zero attached hydrogens (tertiary/aromatic N) is 5. The minimum atomic E-state index is -0.431. The zero-order valence-electron chi connectivity index (χ0n) is 20.6. The number of hydrogen-bond acceptors (Lipinski definition) is 7. The molecule has 5 aromatic rings. The minimum Gasteiger partial charge on any atom is -0.466 e. The average molecular weight is 502 g/mol. The van der Waals surface area contributed by atoms with E-state index >= 15 is 0 Å². The molecule has 0 bridgehead atoms. The molecular formula is C30H23N5O3. The lowest BCUT2D eigenvalue weighted by atomic mass is 10.1. The van der Waals surface area contributed by atoms with Gasteiger partial charge in [-0.25, -0.2) is 14.8 Å². The first-order chi connectivity index (χ1) is 18.6. The largest absolute Gasteiger partial charge is 0.466 e. The van der Waals surface area contributed by atoms with Crippen molar-refractivity contribution in [2.45, 2.75) is 6.42 Å². The number of hydrogen-bond donors (Lipinski definition) is 0. The van der Waals surface area contributed by atoms with Crippen molar-refractivity contribution in [1.29, 1.82) is 0 Å². The predicted molar refractivity (Wildman–Crippen MR) is 146 cm³/mol. The summed E-state index contributed by atoms with van der Waals surface area (Å²) in [7, 11) is 1.33. The Morgan fingerprint density at radius 3 is 2.53 bits per heavy atom. The van der Waals surface area contributed by atoms with E-state index in [-0.39, 0.29) is 5.56 Å². The number of pyridine rings is 3. The second kappa shape index (κ2) is 11.2. The number of methoxy groups -OCH3 is 1. The normalized spacial score (nSPS) is 11.4. The lowest BCUT2D eigenvalue weighted by Gasteiger charge is -2.12. The third-order valence-corrected chi connectivity index (χ3v) is 5.77. The molecule has 0 unspecified atom stereocenters. The molecule has 0 aliphatic rings. The zero-order valence-corrected chi connectivity index (χ0v) is 20.6. The molecule has 1 aromatic carbocycles. The summed E-state index contributed by atoms with van der Waals surface area (Å²) in [5.74, 6) is -0.431. The molecule has 0 N–H and O–H groups in total. The maximum atomic E-state index is 13.6. The highest BCUT2D eigenvalue weighted by atomic mass is 16.5. The molecular weight excluding hydrogens is 478 g/mol. The molecule has 38 heavy (non-hydrogen) atoms. The van der Waals surface area contributed by atoms with Crippen LogP contribution in [0.2, 0.25) is 0 Å². The number of carbonyl (C=O) groups excluding carboxylic acids is 1. The number of benzene rings is 1. The van der Waals surface area contributed by atoms with Crippen LogP contribution in [0, 0.1) is 0 Å². The van der Waals surface area contributed by atoms with Crippen LogP contribution in [0.25, 0.3) is 35.1 Å². The van der Waals surface area contributed by atoms with Gasteiger partial charge in [0.05, 0.1) is 12.8 Å². The Labute approximate surface area is 218 Å². The molecule has 186 valence electrons. The molecule has 4 heterocycles. The second-order valence-corrected chi connectivity index (χ2v) is 8.42. The number of fused-ring (bicyclic) bond motifs is 1. The van der Waals surface area contributed by atoms with Gasteiger partial charge in [-0.3, -0.25) is 19.3 Å². The van der Waals surface area contributed by atoms with Crippen LogP contribution in [0.5, 0.6) is 0 Å². The molecule has 0 spiro atoms. The fourth-order valence-electron chi connectivity index (χ4n) is 3.97. The van der Waals surface area contributed by atoms with Crippen molar-refractivity contribution in [3.63, 3.8) is 0 Å². The molecule has 0 atom stereocenters. The van der Waals surface area contributed by atoms with Crippen molar-refractivity contribution in [3.8, 4) is 5.69 Å². The van der Waals surface area contributed by atoms with Gasteiger partial charge in [-0.05, 0) is 64.7 Å². The quantitative estimate of drug-likeness (QED) is 0.239. The van der Waals surface area contributed by atoms with Crippen molar-refractivity contribution < 1.29 is 9.53 Å². The number of rotatable bonds is 7. The van der Waals surface area contributed by atoms with E-state index in [0.717, 1.165) is 22.3 Å². The average Bonchev–Trinajstić information content (AvgIpc) is 2.96. The van der Waals surface area contributed by atoms with Crippen LogP contribution in [0.3, 0.4) is 0 Å². The van der Waals surface area contributed by atoms with Crippen LogP contribution in [0.15, 0.2) is 96.5 Å². The van der Waals surface area contributed by atoms with Crippen LogP contribution < -0.4 is 5.56 Å². The van der Waals surface area contributed by atoms with Gasteiger partial charge in [-0.2, -0.15) is 0 Å². The number of carbonyl (C=O) groups is 1. The Hall–Kier alpha value is -5.24. The van der Waals surface area contributed by atoms with E-state index in [4.69, 9.17) is 0 Å². The van der Waals surface area contributed by atoms with E-state index in [9.17, 15) is 9.59 Å². The van der Waals surface area contributed by atoms with E-state index in [0.29, 0.717) is 29.0 Å². The van der Waals surface area contributed by atoms with Gasteiger partial charge in [-0.1, -0.05) is 30.4 Å². The monoisotopic (exact) mass is 501 g/mol. The fraction of sp³-hybridized carbons (Fsp3) is 0.0667. The first-order valence-electron chi connectivity index (χ1n) is 11.9. The molecule has 5 rings (SSSR count). The molecule has 0 aliphatic carbocycles. The first kappa shape index (κ1) is 24.5. The van der Waals surface area contributed by atoms with Gasteiger partial charge in [0.2, 0.25) is 0 Å². The topological polar surface area (TPSA) is 99.9 Å². The molecule has 0 aliphatic heterocycles. The Kier molecular flexibility index (Phi) is 7.22. The molecule has 0 saturated carbocycles. The third-order valence-electron chi connectivity index (χ3n) is 5.77. The number of esters is 1. The van der Waals surface area contributed by atoms with E-state index in [1.807, 2.05) is 60.7 Å². The summed E-state index contributed by atoms with van der Waals surface area (Å²) in [4.78, 5) is 42.5. The van der Waals surface area contributed by atoms with Crippen molar-refractivity contribution in [3.05, 3.63) is 130 Å². The van der Waals surface area contributed by atoms with E-state index in [1.165, 1.54) is 13.2 Å². The zero-order chi connectivity index (χ0) is 26.3. The molecule has 0 radical (unpaired) electrons. The summed E-state index contributed by atoms with van der Waals surface area (Å²) in [6.45, 7) is 0. The Balaban J connectivity index is 1.50. The summed E-state index contributed by atoms with van der Waals surface area (Å²) >= 11 is 0. The van der Waals surface area contributed by atoms with Crippen molar-refractivity contribution in [2.24, 2.45) is 0 Å². The number of aromatic nitrogens is 5. The summed E-state index contributed by atoms with van der Waals surface area (Å²) in [5, 5.41) is 0. The van der Waals surface area contributed by atoms with Crippen LogP contribution >= 0.6 is 0 Å². The summed E-state index contributed by atoms with van der Waals surface area (Å²) in [5.41, 5.74) is 5.42. The van der Waals surface area contributed by atoms with Crippen molar-refractivity contribution in [2.75, 3.05) is 7.11 Å². The summed E-state index contributed by atoms with van der Waals surface area (Å²) in [6, 6.07) is 17.0. The van der Waals surface area contributed by atoms with Crippen LogP contribution in [0.1, 0.15) is 27.9 Å². The number of ether oxygens (including phenoxy) is 1. The summed E-state index contributed by atoms with van der Waals surface area (Å²) < 4.78 is 6.23. The predicted octanol–water partition coefficient (Wildman–Crippen LogP) is 4.52. The van der Waals surface area contributed by atoms with Crippen LogP contribution in [-0.4, -0.2) is 37.6 Å². The van der Waals surface area contributed by atoms with Crippen molar-refractivity contribution in [1.82, 2.24) is 24.5 Å². The Morgan fingerprint density at radius 2 is 1.71 bits per heavy atom. The van der Waals surface area contributed by atoms with Gasteiger partial charge in [-0.15, -0.1) is 0 Å². The maximum absolute atomic E-state index is 13.6. The lowest BCUT2D eigenvalue weighted by Crippen LogP contribution is -2.25. The molecule has 8 heteroatoms. The molecule has 8 nitrogen and oxygen atoms in total. The second-order valence-electron chi connectivity index (χ2n) is 8.42. The molecule has 4 aromatic heterocycles. The van der Waals surface area contributed by atoms with Crippen molar-refractivity contribution >= 4 is 35.4 Å². The van der Waals surface area contributed by atoms with E-state index in [1.54, 1.807) is 47.7 Å². The van der Waals surface area contributed by atoms with Gasteiger partial charge in [0.1, 0.15) is 11.2 Å². The highest BCUT2D eigenvalue weighted by Gasteiger charge is 2.14. The van der Waals surface area contributed by atoms with Gasteiger partial charge in [0, 0.05) is 43.5 Å². The smallest absolute Gasteiger partial charge is 0.330 e. The molecule has 0 amide bonds. The maximum Gasteiger partial charge on any atom is 0.330 e. The Bertz CT molecular complexity index is 1730. The third kappa shape index (κ3) is 5.60. The van der Waals surface area contributed by atoms with Crippen LogP contribution in [0.4, 0.5) is 0 Å². The van der Waals surface area contributed by atoms with Gasteiger partial charge >= 0.3 is 5.97 Å². The summed E-state index contributed by atoms with van der Waals surface area (Å²) in [6.07, 6.45) is 15.7. The Morgan fingerprint density at radius 1 is 0.895 bits per heavy atom. The minimum absolute atomic E-state index is 0.226.